The van der Waals surface area contributed by atoms with Crippen molar-refractivity contribution in [2.24, 2.45) is 11.8 Å². The van der Waals surface area contributed by atoms with E-state index in [4.69, 9.17) is 9.84 Å². The first-order chi connectivity index (χ1) is 9.49. The lowest BCUT2D eigenvalue weighted by Gasteiger charge is -2.23. The molecule has 2 unspecified atom stereocenters. The lowest BCUT2D eigenvalue weighted by molar-refractivity contribution is -0.129. The Hall–Kier alpha value is -1.14. The van der Waals surface area contributed by atoms with Gasteiger partial charge in [-0.1, -0.05) is 13.8 Å². The number of carbonyl (C=O) groups excluding carboxylic acids is 2. The van der Waals surface area contributed by atoms with Gasteiger partial charge in [-0.25, -0.2) is 0 Å². The van der Waals surface area contributed by atoms with Crippen molar-refractivity contribution in [2.45, 2.75) is 32.7 Å². The van der Waals surface area contributed by atoms with Crippen LogP contribution in [0.4, 0.5) is 0 Å². The van der Waals surface area contributed by atoms with Gasteiger partial charge in [-0.3, -0.25) is 9.59 Å². The number of aliphatic hydroxyl groups excluding tert-OH is 1. The highest BCUT2D eigenvalue weighted by Gasteiger charge is 2.34. The van der Waals surface area contributed by atoms with Gasteiger partial charge in [0.05, 0.1) is 12.5 Å². The molecule has 0 saturated carbocycles. The fourth-order valence-corrected chi connectivity index (χ4v) is 2.38. The number of methoxy groups -OCH3 is 1. The van der Waals surface area contributed by atoms with Crippen molar-refractivity contribution in [3.63, 3.8) is 0 Å². The topological polar surface area (TPSA) is 78.9 Å². The van der Waals surface area contributed by atoms with Crippen molar-refractivity contribution in [3.8, 4) is 0 Å². The molecule has 0 aliphatic carbocycles. The second kappa shape index (κ2) is 8.21. The first kappa shape index (κ1) is 16.9. The highest BCUT2D eigenvalue weighted by Crippen LogP contribution is 2.18. The molecule has 2 N–H and O–H groups in total. The van der Waals surface area contributed by atoms with Gasteiger partial charge >= 0.3 is 0 Å². The number of likely N-dealkylation sites (tertiary alicyclic amines) is 1. The van der Waals surface area contributed by atoms with E-state index < -0.39 is 0 Å². The molecule has 1 heterocycles. The molecule has 0 bridgehead atoms. The van der Waals surface area contributed by atoms with Crippen molar-refractivity contribution in [3.05, 3.63) is 0 Å². The summed E-state index contributed by atoms with van der Waals surface area (Å²) < 4.78 is 4.95. The van der Waals surface area contributed by atoms with Gasteiger partial charge in [0.25, 0.3) is 0 Å². The smallest absolute Gasteiger partial charge is 0.225 e. The summed E-state index contributed by atoms with van der Waals surface area (Å²) in [5, 5.41) is 12.0. The third-order valence-corrected chi connectivity index (χ3v) is 3.72. The van der Waals surface area contributed by atoms with Crippen LogP contribution in [0.2, 0.25) is 0 Å². The minimum Gasteiger partial charge on any atom is -0.396 e. The quantitative estimate of drug-likeness (QED) is 0.658. The van der Waals surface area contributed by atoms with E-state index in [2.05, 4.69) is 5.32 Å². The summed E-state index contributed by atoms with van der Waals surface area (Å²) in [6.45, 7) is 5.53. The number of hydrogen-bond donors (Lipinski definition) is 2. The van der Waals surface area contributed by atoms with Gasteiger partial charge in [0, 0.05) is 39.3 Å². The maximum Gasteiger partial charge on any atom is 0.225 e. The summed E-state index contributed by atoms with van der Waals surface area (Å²) in [7, 11) is 1.59. The Morgan fingerprint density at radius 3 is 2.80 bits per heavy atom. The zero-order chi connectivity index (χ0) is 15.1. The van der Waals surface area contributed by atoms with Crippen LogP contribution in [0, 0.1) is 11.8 Å². The Kier molecular flexibility index (Phi) is 6.95. The Bertz CT molecular complexity index is 333. The van der Waals surface area contributed by atoms with E-state index in [1.165, 1.54) is 0 Å². The Morgan fingerprint density at radius 1 is 1.55 bits per heavy atom. The molecule has 1 saturated heterocycles. The third-order valence-electron chi connectivity index (χ3n) is 3.72. The fraction of sp³-hybridized carbons (Fsp3) is 0.857. The molecule has 6 nitrogen and oxygen atoms in total. The van der Waals surface area contributed by atoms with Crippen molar-refractivity contribution in [1.29, 1.82) is 0 Å². The second-order valence-corrected chi connectivity index (χ2v) is 5.60. The van der Waals surface area contributed by atoms with Gasteiger partial charge in [0.15, 0.2) is 0 Å². The highest BCUT2D eigenvalue weighted by atomic mass is 16.5. The molecule has 6 heteroatoms. The Morgan fingerprint density at radius 2 is 2.25 bits per heavy atom. The largest absolute Gasteiger partial charge is 0.396 e. The molecule has 0 radical (unpaired) electrons. The van der Waals surface area contributed by atoms with Crippen LogP contribution < -0.4 is 5.32 Å². The van der Waals surface area contributed by atoms with Crippen molar-refractivity contribution in [2.75, 3.05) is 33.4 Å². The van der Waals surface area contributed by atoms with Crippen molar-refractivity contribution in [1.82, 2.24) is 10.2 Å². The van der Waals surface area contributed by atoms with Crippen LogP contribution in [0.1, 0.15) is 26.7 Å². The lowest BCUT2D eigenvalue weighted by Crippen LogP contribution is -2.43. The molecule has 0 aromatic carbocycles. The molecule has 2 amide bonds. The molecule has 0 aromatic heterocycles. The van der Waals surface area contributed by atoms with Crippen LogP contribution in [0.3, 0.4) is 0 Å². The number of ether oxygens (including phenoxy) is 1. The molecular weight excluding hydrogens is 260 g/mol. The number of aliphatic hydroxyl groups is 1. The van der Waals surface area contributed by atoms with Crippen molar-refractivity contribution < 1.29 is 19.4 Å². The number of nitrogens with one attached hydrogen (secondary N) is 1. The maximum absolute atomic E-state index is 12.2. The van der Waals surface area contributed by atoms with Gasteiger partial charge in [0.1, 0.15) is 0 Å². The van der Waals surface area contributed by atoms with E-state index in [1.807, 2.05) is 13.8 Å². The first-order valence-corrected chi connectivity index (χ1v) is 7.17. The van der Waals surface area contributed by atoms with Crippen molar-refractivity contribution >= 4 is 11.8 Å². The summed E-state index contributed by atoms with van der Waals surface area (Å²) in [6.07, 6.45) is 0.803. The number of amides is 2. The van der Waals surface area contributed by atoms with Crippen LogP contribution in [0.5, 0.6) is 0 Å². The molecule has 0 aromatic rings. The Balaban J connectivity index is 2.50. The normalized spacial score (nSPS) is 20.6. The number of carbonyl (C=O) groups is 2. The molecule has 1 aliphatic rings. The van der Waals surface area contributed by atoms with E-state index in [1.54, 1.807) is 12.0 Å². The van der Waals surface area contributed by atoms with Gasteiger partial charge in [-0.05, 0) is 12.3 Å². The van der Waals surface area contributed by atoms with Crippen LogP contribution in [-0.4, -0.2) is 61.3 Å². The van der Waals surface area contributed by atoms with E-state index in [0.29, 0.717) is 26.1 Å². The second-order valence-electron chi connectivity index (χ2n) is 5.60. The molecule has 2 atom stereocenters. The summed E-state index contributed by atoms with van der Waals surface area (Å²) in [6, 6.07) is -0.0457. The van der Waals surface area contributed by atoms with Gasteiger partial charge in [0.2, 0.25) is 11.8 Å². The summed E-state index contributed by atoms with van der Waals surface area (Å²) in [4.78, 5) is 25.7. The Labute approximate surface area is 120 Å². The van der Waals surface area contributed by atoms with Gasteiger partial charge in [-0.15, -0.1) is 0 Å². The monoisotopic (exact) mass is 286 g/mol. The molecule has 1 rings (SSSR count). The zero-order valence-electron chi connectivity index (χ0n) is 12.6. The highest BCUT2D eigenvalue weighted by molar-refractivity contribution is 5.89. The lowest BCUT2D eigenvalue weighted by atomic mass is 9.99. The van der Waals surface area contributed by atoms with Gasteiger partial charge < -0.3 is 20.1 Å². The molecule has 116 valence electrons. The zero-order valence-corrected chi connectivity index (χ0v) is 12.6. The standard InChI is InChI=1S/C14H26N2O4/c1-10(2)12(4-6-17)15-14(19)11-8-13(18)16(9-11)5-7-20-3/h10-12,17H,4-9H2,1-3H3,(H,15,19). The third kappa shape index (κ3) is 4.76. The number of rotatable bonds is 8. The number of hydrogen-bond acceptors (Lipinski definition) is 4. The molecule has 0 spiro atoms. The van der Waals surface area contributed by atoms with E-state index in [9.17, 15) is 9.59 Å². The maximum atomic E-state index is 12.2. The molecule has 1 fully saturated rings. The summed E-state index contributed by atoms with van der Waals surface area (Å²) in [5.41, 5.74) is 0. The first-order valence-electron chi connectivity index (χ1n) is 7.17. The van der Waals surface area contributed by atoms with E-state index in [0.717, 1.165) is 0 Å². The average molecular weight is 286 g/mol. The molecule has 1 aliphatic heterocycles. The summed E-state index contributed by atoms with van der Waals surface area (Å²) >= 11 is 0. The van der Waals surface area contributed by atoms with Gasteiger partial charge in [-0.2, -0.15) is 0 Å². The minimum absolute atomic E-state index is 0.00505. The van der Waals surface area contributed by atoms with E-state index >= 15 is 0 Å². The molecular formula is C14H26N2O4. The number of nitrogens with zero attached hydrogens (tertiary/aromatic N) is 1. The van der Waals surface area contributed by atoms with Crippen LogP contribution in [0.25, 0.3) is 0 Å². The van der Waals surface area contributed by atoms with Crippen LogP contribution in [-0.2, 0) is 14.3 Å². The fourth-order valence-electron chi connectivity index (χ4n) is 2.38. The van der Waals surface area contributed by atoms with E-state index in [-0.39, 0.29) is 42.7 Å². The van der Waals surface area contributed by atoms with Crippen LogP contribution in [0.15, 0.2) is 0 Å². The summed E-state index contributed by atoms with van der Waals surface area (Å²) in [5.74, 6) is -0.122. The molecule has 20 heavy (non-hydrogen) atoms. The predicted octanol–water partition coefficient (Wildman–Crippen LogP) is 0.00450. The SMILES string of the molecule is COCCN1CC(C(=O)NC(CCO)C(C)C)CC1=O. The average Bonchev–Trinajstić information content (AvgIpc) is 2.77. The predicted molar refractivity (Wildman–Crippen MR) is 75.0 cm³/mol. The van der Waals surface area contributed by atoms with Crippen LogP contribution >= 0.6 is 0 Å². The minimum atomic E-state index is -0.292.